The van der Waals surface area contributed by atoms with Crippen LogP contribution in [0, 0.1) is 6.92 Å². The van der Waals surface area contributed by atoms with Crippen molar-refractivity contribution in [3.8, 4) is 22.7 Å². The second-order valence-electron chi connectivity index (χ2n) is 5.31. The lowest BCUT2D eigenvalue weighted by Gasteiger charge is -2.08. The number of hydrogen-bond donors (Lipinski definition) is 0. The predicted molar refractivity (Wildman–Crippen MR) is 81.8 cm³/mol. The average Bonchev–Trinajstić information content (AvgIpc) is 2.98. The maximum atomic E-state index is 5.40. The zero-order chi connectivity index (χ0) is 14.8. The summed E-state index contributed by atoms with van der Waals surface area (Å²) in [6, 6.07) is 11.9. The standard InChI is InChI=1S/C17H17N3O/c1-11(2)16-19-17(21-20-16)14-8-6-7-13(12(14)3)15-9-4-5-10-18-15/h4-11H,1-3H3. The van der Waals surface area contributed by atoms with Crippen molar-refractivity contribution >= 4 is 0 Å². The molecule has 0 aliphatic rings. The molecule has 3 rings (SSSR count). The fourth-order valence-corrected chi connectivity index (χ4v) is 2.25. The van der Waals surface area contributed by atoms with Gasteiger partial charge >= 0.3 is 0 Å². The SMILES string of the molecule is Cc1c(-c2ccccn2)cccc1-c1nc(C(C)C)no1. The van der Waals surface area contributed by atoms with Crippen LogP contribution in [0.1, 0.15) is 31.2 Å². The molecular formula is C17H17N3O. The van der Waals surface area contributed by atoms with Crippen LogP contribution in [-0.2, 0) is 0 Å². The lowest BCUT2D eigenvalue weighted by Crippen LogP contribution is -1.92. The van der Waals surface area contributed by atoms with Crippen molar-refractivity contribution in [2.24, 2.45) is 0 Å². The molecule has 0 radical (unpaired) electrons. The molecular weight excluding hydrogens is 262 g/mol. The molecule has 0 amide bonds. The predicted octanol–water partition coefficient (Wildman–Crippen LogP) is 4.23. The van der Waals surface area contributed by atoms with Gasteiger partial charge in [0.15, 0.2) is 5.82 Å². The van der Waals surface area contributed by atoms with E-state index in [4.69, 9.17) is 4.52 Å². The Morgan fingerprint density at radius 1 is 1.00 bits per heavy atom. The summed E-state index contributed by atoms with van der Waals surface area (Å²) in [6.45, 7) is 6.15. The Morgan fingerprint density at radius 3 is 2.48 bits per heavy atom. The van der Waals surface area contributed by atoms with Gasteiger partial charge in [0.1, 0.15) is 0 Å². The summed E-state index contributed by atoms with van der Waals surface area (Å²) in [5.74, 6) is 1.54. The summed E-state index contributed by atoms with van der Waals surface area (Å²) in [4.78, 5) is 8.89. The van der Waals surface area contributed by atoms with Gasteiger partial charge in [-0.3, -0.25) is 4.98 Å². The summed E-state index contributed by atoms with van der Waals surface area (Å²) in [5.41, 5.74) is 4.07. The topological polar surface area (TPSA) is 51.8 Å². The zero-order valence-electron chi connectivity index (χ0n) is 12.4. The first-order chi connectivity index (χ1) is 10.2. The molecule has 4 nitrogen and oxygen atoms in total. The van der Waals surface area contributed by atoms with Gasteiger partial charge < -0.3 is 4.52 Å². The fourth-order valence-electron chi connectivity index (χ4n) is 2.25. The number of aromatic nitrogens is 3. The molecule has 0 atom stereocenters. The van der Waals surface area contributed by atoms with Crippen molar-refractivity contribution in [3.05, 3.63) is 54.0 Å². The van der Waals surface area contributed by atoms with E-state index in [0.717, 1.165) is 28.2 Å². The van der Waals surface area contributed by atoms with E-state index in [1.807, 2.05) is 44.2 Å². The van der Waals surface area contributed by atoms with E-state index in [1.54, 1.807) is 6.20 Å². The highest BCUT2D eigenvalue weighted by Gasteiger charge is 2.15. The highest BCUT2D eigenvalue weighted by molar-refractivity contribution is 5.73. The highest BCUT2D eigenvalue weighted by atomic mass is 16.5. The lowest BCUT2D eigenvalue weighted by atomic mass is 9.99. The number of pyridine rings is 1. The van der Waals surface area contributed by atoms with Crippen LogP contribution in [0.25, 0.3) is 22.7 Å². The summed E-state index contributed by atoms with van der Waals surface area (Å²) >= 11 is 0. The van der Waals surface area contributed by atoms with E-state index in [9.17, 15) is 0 Å². The Kier molecular flexibility index (Phi) is 3.52. The van der Waals surface area contributed by atoms with Gasteiger partial charge in [0.2, 0.25) is 0 Å². The van der Waals surface area contributed by atoms with Crippen molar-refractivity contribution in [1.82, 2.24) is 15.1 Å². The van der Waals surface area contributed by atoms with Crippen LogP contribution in [0.5, 0.6) is 0 Å². The minimum atomic E-state index is 0.252. The number of hydrogen-bond acceptors (Lipinski definition) is 4. The fraction of sp³-hybridized carbons (Fsp3) is 0.235. The van der Waals surface area contributed by atoms with Gasteiger partial charge in [-0.2, -0.15) is 4.98 Å². The van der Waals surface area contributed by atoms with Crippen molar-refractivity contribution in [1.29, 1.82) is 0 Å². The van der Waals surface area contributed by atoms with Crippen LogP contribution in [0.15, 0.2) is 47.1 Å². The van der Waals surface area contributed by atoms with Crippen LogP contribution in [0.4, 0.5) is 0 Å². The van der Waals surface area contributed by atoms with Crippen LogP contribution in [0.2, 0.25) is 0 Å². The first-order valence-corrected chi connectivity index (χ1v) is 7.02. The molecule has 2 heterocycles. The largest absolute Gasteiger partial charge is 0.334 e. The molecule has 4 heteroatoms. The third-order valence-electron chi connectivity index (χ3n) is 3.46. The Labute approximate surface area is 123 Å². The molecule has 0 bridgehead atoms. The first-order valence-electron chi connectivity index (χ1n) is 7.02. The second-order valence-corrected chi connectivity index (χ2v) is 5.31. The molecule has 0 aliphatic heterocycles. The van der Waals surface area contributed by atoms with Crippen LogP contribution < -0.4 is 0 Å². The van der Waals surface area contributed by atoms with Crippen molar-refractivity contribution in [2.45, 2.75) is 26.7 Å². The Morgan fingerprint density at radius 2 is 1.81 bits per heavy atom. The summed E-state index contributed by atoms with van der Waals surface area (Å²) < 4.78 is 5.40. The molecule has 0 N–H and O–H groups in total. The Bertz CT molecular complexity index is 748. The van der Waals surface area contributed by atoms with Gasteiger partial charge in [-0.05, 0) is 30.7 Å². The molecule has 2 aromatic heterocycles. The van der Waals surface area contributed by atoms with E-state index in [1.165, 1.54) is 0 Å². The zero-order valence-corrected chi connectivity index (χ0v) is 12.4. The normalized spacial score (nSPS) is 11.0. The summed E-state index contributed by atoms with van der Waals surface area (Å²) in [6.07, 6.45) is 1.80. The molecule has 0 saturated heterocycles. The Balaban J connectivity index is 2.08. The molecule has 0 unspecified atom stereocenters. The smallest absolute Gasteiger partial charge is 0.258 e. The van der Waals surface area contributed by atoms with E-state index in [-0.39, 0.29) is 5.92 Å². The van der Waals surface area contributed by atoms with Crippen molar-refractivity contribution in [3.63, 3.8) is 0 Å². The van der Waals surface area contributed by atoms with E-state index < -0.39 is 0 Å². The maximum Gasteiger partial charge on any atom is 0.258 e. The van der Waals surface area contributed by atoms with Crippen LogP contribution >= 0.6 is 0 Å². The molecule has 21 heavy (non-hydrogen) atoms. The quantitative estimate of drug-likeness (QED) is 0.720. The maximum absolute atomic E-state index is 5.40. The third-order valence-corrected chi connectivity index (χ3v) is 3.46. The molecule has 0 aliphatic carbocycles. The number of nitrogens with zero attached hydrogens (tertiary/aromatic N) is 3. The van der Waals surface area contributed by atoms with Crippen molar-refractivity contribution in [2.75, 3.05) is 0 Å². The van der Waals surface area contributed by atoms with Gasteiger partial charge in [0, 0.05) is 23.2 Å². The lowest BCUT2D eigenvalue weighted by molar-refractivity contribution is 0.419. The van der Waals surface area contributed by atoms with Gasteiger partial charge in [0.25, 0.3) is 5.89 Å². The molecule has 0 saturated carbocycles. The van der Waals surface area contributed by atoms with E-state index in [2.05, 4.69) is 28.1 Å². The van der Waals surface area contributed by atoms with Gasteiger partial charge in [0.05, 0.1) is 5.69 Å². The second kappa shape index (κ2) is 5.48. The first kappa shape index (κ1) is 13.5. The van der Waals surface area contributed by atoms with E-state index in [0.29, 0.717) is 5.89 Å². The van der Waals surface area contributed by atoms with Crippen LogP contribution in [0.3, 0.4) is 0 Å². The van der Waals surface area contributed by atoms with Gasteiger partial charge in [-0.25, -0.2) is 0 Å². The average molecular weight is 279 g/mol. The van der Waals surface area contributed by atoms with Gasteiger partial charge in [-0.1, -0.05) is 37.2 Å². The Hall–Kier alpha value is -2.49. The van der Waals surface area contributed by atoms with Crippen molar-refractivity contribution < 1.29 is 4.52 Å². The molecule has 106 valence electrons. The molecule has 0 fully saturated rings. The van der Waals surface area contributed by atoms with Crippen LogP contribution in [-0.4, -0.2) is 15.1 Å². The summed E-state index contributed by atoms with van der Waals surface area (Å²) in [7, 11) is 0. The minimum absolute atomic E-state index is 0.252. The monoisotopic (exact) mass is 279 g/mol. The van der Waals surface area contributed by atoms with E-state index >= 15 is 0 Å². The molecule has 1 aromatic carbocycles. The van der Waals surface area contributed by atoms with Gasteiger partial charge in [-0.15, -0.1) is 0 Å². The molecule has 0 spiro atoms. The highest BCUT2D eigenvalue weighted by Crippen LogP contribution is 2.30. The number of benzene rings is 1. The molecule has 3 aromatic rings. The minimum Gasteiger partial charge on any atom is -0.334 e. The third kappa shape index (κ3) is 2.57. The summed E-state index contributed by atoms with van der Waals surface area (Å²) in [5, 5.41) is 4.03. The number of rotatable bonds is 3.